The highest BCUT2D eigenvalue weighted by molar-refractivity contribution is 7.91. The Balaban J connectivity index is 1.15. The molecule has 0 radical (unpaired) electrons. The van der Waals surface area contributed by atoms with Crippen molar-refractivity contribution in [1.82, 2.24) is 19.9 Å². The third-order valence-electron chi connectivity index (χ3n) is 9.43. The maximum Gasteiger partial charge on any atom is 0.407 e. The van der Waals surface area contributed by atoms with Gasteiger partial charge in [0.15, 0.2) is 0 Å². The number of ether oxygens (including phenoxy) is 3. The molecule has 0 saturated carbocycles. The Kier molecular flexibility index (Phi) is 12.2. The van der Waals surface area contributed by atoms with Gasteiger partial charge in [-0.2, -0.15) is 0 Å². The van der Waals surface area contributed by atoms with E-state index >= 15 is 0 Å². The van der Waals surface area contributed by atoms with Crippen LogP contribution < -0.4 is 19.8 Å². The van der Waals surface area contributed by atoms with E-state index in [2.05, 4.69) is 60.1 Å². The van der Waals surface area contributed by atoms with Crippen LogP contribution in [0, 0.1) is 0 Å². The molecular weight excluding hydrogens is 723 g/mol. The van der Waals surface area contributed by atoms with E-state index in [1.807, 2.05) is 57.2 Å². The van der Waals surface area contributed by atoms with E-state index < -0.39 is 29.8 Å². The summed E-state index contributed by atoms with van der Waals surface area (Å²) in [6.07, 6.45) is 2.93. The van der Waals surface area contributed by atoms with Gasteiger partial charge in [0.05, 0.1) is 30.0 Å². The number of nitrogens with one attached hydrogen (secondary N) is 2. The molecule has 2 N–H and O–H groups in total. The Morgan fingerprint density at radius 2 is 1.76 bits per heavy atom. The molecule has 292 valence electrons. The zero-order chi connectivity index (χ0) is 38.5. The van der Waals surface area contributed by atoms with Crippen molar-refractivity contribution >= 4 is 52.4 Å². The molecule has 2 aliphatic heterocycles. The van der Waals surface area contributed by atoms with Crippen LogP contribution in [0.4, 0.5) is 22.0 Å². The van der Waals surface area contributed by atoms with Crippen LogP contribution in [0.2, 0.25) is 25.7 Å². The Hall–Kier alpha value is -4.18. The van der Waals surface area contributed by atoms with E-state index in [1.54, 1.807) is 18.5 Å². The van der Waals surface area contributed by atoms with Crippen molar-refractivity contribution in [2.45, 2.75) is 83.4 Å². The monoisotopic (exact) mass is 777 g/mol. The number of fused-ring (bicyclic) bond motifs is 1. The van der Waals surface area contributed by atoms with Crippen molar-refractivity contribution in [3.05, 3.63) is 66.5 Å². The normalized spacial score (nSPS) is 17.1. The third-order valence-corrected chi connectivity index (χ3v) is 12.4. The van der Waals surface area contributed by atoms with Crippen molar-refractivity contribution in [2.75, 3.05) is 60.5 Å². The summed E-state index contributed by atoms with van der Waals surface area (Å²) in [6.45, 7) is 17.8. The minimum Gasteiger partial charge on any atom is -0.444 e. The number of hydrogen-bond acceptors (Lipinski definition) is 10. The smallest absolute Gasteiger partial charge is 0.407 e. The molecule has 1 amide bonds. The molecule has 15 heteroatoms. The Morgan fingerprint density at radius 3 is 2.48 bits per heavy atom. The molecule has 0 unspecified atom stereocenters. The number of morpholine rings is 1. The molecule has 1 atom stereocenters. The maximum absolute atomic E-state index is 13.4. The van der Waals surface area contributed by atoms with Gasteiger partial charge in [0, 0.05) is 58.3 Å². The van der Waals surface area contributed by atoms with Crippen molar-refractivity contribution < 1.29 is 27.4 Å². The molecule has 0 aliphatic carbocycles. The number of carbonyl (C=O) groups excluding carboxylic acids is 1. The highest BCUT2D eigenvalue weighted by atomic mass is 32.2. The Labute approximate surface area is 320 Å². The SMILES string of the molecule is CC(C)(C)OC(=O)N[C@@H]1CCCN(c2cccc(CS(=O)(=O)Nc3ccc(-c4cc5c(N6CCOCC6)ncnc5n4COCC[Si](C)(C)C)cc3)c2)C1. The number of benzene rings is 2. The maximum atomic E-state index is 13.4. The number of nitrogens with zero attached hydrogens (tertiary/aromatic N) is 5. The largest absolute Gasteiger partial charge is 0.444 e. The summed E-state index contributed by atoms with van der Waals surface area (Å²) in [6, 6.07) is 18.1. The molecule has 6 rings (SSSR count). The molecule has 2 aromatic heterocycles. The van der Waals surface area contributed by atoms with Crippen LogP contribution in [0.15, 0.2) is 60.9 Å². The van der Waals surface area contributed by atoms with Crippen LogP contribution in [-0.2, 0) is 36.7 Å². The standard InChI is InChI=1S/C39H55N7O6SSi/c1-39(2,3)52-38(47)42-32-10-8-16-45(25-32)33-11-7-9-29(23-33)26-53(48,49)43-31-14-12-30(13-15-31)35-24-34-36(44-17-19-50-20-18-44)40-27-41-37(34)46(35)28-51-21-22-54(4,5)6/h7,9,11-15,23-24,27,32,43H,8,10,16-22,25-26,28H2,1-6H3,(H,42,47)/t32-/m1/s1. The number of sulfonamides is 1. The number of rotatable bonds is 13. The second-order valence-corrected chi connectivity index (χ2v) is 23.7. The van der Waals surface area contributed by atoms with Crippen LogP contribution in [0.3, 0.4) is 0 Å². The zero-order valence-corrected chi connectivity index (χ0v) is 34.2. The number of piperidine rings is 1. The predicted molar refractivity (Wildman–Crippen MR) is 217 cm³/mol. The first-order chi connectivity index (χ1) is 25.6. The van der Waals surface area contributed by atoms with E-state index in [0.717, 1.165) is 72.3 Å². The fraction of sp³-hybridized carbons (Fsp3) is 0.513. The van der Waals surface area contributed by atoms with Crippen molar-refractivity contribution in [3.63, 3.8) is 0 Å². The first kappa shape index (κ1) is 39.5. The number of carbonyl (C=O) groups is 1. The van der Waals surface area contributed by atoms with Gasteiger partial charge in [-0.1, -0.05) is 43.9 Å². The quantitative estimate of drug-likeness (QED) is 0.112. The summed E-state index contributed by atoms with van der Waals surface area (Å²) >= 11 is 0. The third kappa shape index (κ3) is 10.7. The van der Waals surface area contributed by atoms with E-state index in [1.165, 1.54) is 0 Å². The van der Waals surface area contributed by atoms with Crippen molar-refractivity contribution in [1.29, 1.82) is 0 Å². The molecule has 2 fully saturated rings. The first-order valence-corrected chi connectivity index (χ1v) is 24.2. The van der Waals surface area contributed by atoms with Gasteiger partial charge in [0.2, 0.25) is 10.0 Å². The lowest BCUT2D eigenvalue weighted by Crippen LogP contribution is -2.49. The van der Waals surface area contributed by atoms with Gasteiger partial charge in [-0.15, -0.1) is 0 Å². The number of aromatic nitrogens is 3. The summed E-state index contributed by atoms with van der Waals surface area (Å²) < 4.78 is 49.0. The van der Waals surface area contributed by atoms with E-state index in [4.69, 9.17) is 14.2 Å². The number of hydrogen-bond donors (Lipinski definition) is 2. The van der Waals surface area contributed by atoms with Crippen LogP contribution >= 0.6 is 0 Å². The minimum absolute atomic E-state index is 0.0610. The van der Waals surface area contributed by atoms with Crippen LogP contribution in [0.25, 0.3) is 22.3 Å². The number of amides is 1. The topological polar surface area (TPSA) is 140 Å². The average Bonchev–Trinajstić information content (AvgIpc) is 3.48. The van der Waals surface area contributed by atoms with Gasteiger partial charge in [-0.25, -0.2) is 23.2 Å². The fourth-order valence-electron chi connectivity index (χ4n) is 6.77. The lowest BCUT2D eigenvalue weighted by atomic mass is 10.0. The van der Waals surface area contributed by atoms with Gasteiger partial charge >= 0.3 is 6.09 Å². The molecule has 0 spiro atoms. The van der Waals surface area contributed by atoms with Crippen molar-refractivity contribution in [3.8, 4) is 11.3 Å². The van der Waals surface area contributed by atoms with Crippen LogP contribution in [0.1, 0.15) is 39.2 Å². The summed E-state index contributed by atoms with van der Waals surface area (Å²) in [5, 5.41) is 3.92. The molecule has 0 bridgehead atoms. The second kappa shape index (κ2) is 16.7. The van der Waals surface area contributed by atoms with E-state index in [-0.39, 0.29) is 11.8 Å². The number of alkyl carbamates (subject to hydrolysis) is 1. The summed E-state index contributed by atoms with van der Waals surface area (Å²) in [5.41, 5.74) is 4.12. The molecule has 2 saturated heterocycles. The van der Waals surface area contributed by atoms with Crippen LogP contribution in [0.5, 0.6) is 0 Å². The summed E-state index contributed by atoms with van der Waals surface area (Å²) in [7, 11) is -5.00. The lowest BCUT2D eigenvalue weighted by Gasteiger charge is -2.35. The van der Waals surface area contributed by atoms with Gasteiger partial charge in [-0.05, 0) is 81.1 Å². The average molecular weight is 778 g/mol. The van der Waals surface area contributed by atoms with Crippen molar-refractivity contribution in [2.24, 2.45) is 0 Å². The summed E-state index contributed by atoms with van der Waals surface area (Å²) in [4.78, 5) is 26.1. The molecule has 2 aliphatic rings. The molecule has 4 aromatic rings. The van der Waals surface area contributed by atoms with E-state index in [0.29, 0.717) is 44.3 Å². The highest BCUT2D eigenvalue weighted by Crippen LogP contribution is 2.33. The van der Waals surface area contributed by atoms with E-state index in [9.17, 15) is 13.2 Å². The first-order valence-electron chi connectivity index (χ1n) is 18.8. The molecule has 54 heavy (non-hydrogen) atoms. The Bertz CT molecular complexity index is 2000. The fourth-order valence-corrected chi connectivity index (χ4v) is 8.71. The Morgan fingerprint density at radius 1 is 1.00 bits per heavy atom. The van der Waals surface area contributed by atoms with Gasteiger partial charge < -0.3 is 33.9 Å². The van der Waals surface area contributed by atoms with Crippen LogP contribution in [-0.4, -0.2) is 94.8 Å². The molecule has 13 nitrogen and oxygen atoms in total. The second-order valence-electron chi connectivity index (χ2n) is 16.4. The van der Waals surface area contributed by atoms with Gasteiger partial charge in [0.1, 0.15) is 30.1 Å². The minimum atomic E-state index is -3.73. The summed E-state index contributed by atoms with van der Waals surface area (Å²) in [5.74, 6) is 0.693. The predicted octanol–water partition coefficient (Wildman–Crippen LogP) is 6.68. The van der Waals surface area contributed by atoms with Gasteiger partial charge in [-0.3, -0.25) is 4.72 Å². The van der Waals surface area contributed by atoms with Gasteiger partial charge in [0.25, 0.3) is 0 Å². The molecular formula is C39H55N7O6SSi. The highest BCUT2D eigenvalue weighted by Gasteiger charge is 2.26. The number of anilines is 3. The molecule has 2 aromatic carbocycles. The zero-order valence-electron chi connectivity index (χ0n) is 32.4. The lowest BCUT2D eigenvalue weighted by molar-refractivity contribution is 0.0500. The molecule has 4 heterocycles.